The van der Waals surface area contributed by atoms with Crippen molar-refractivity contribution in [3.05, 3.63) is 59.7 Å². The van der Waals surface area contributed by atoms with E-state index >= 15 is 0 Å². The Balaban J connectivity index is 1.71. The number of benzene rings is 2. The van der Waals surface area contributed by atoms with E-state index in [4.69, 9.17) is 14.6 Å². The predicted molar refractivity (Wildman–Crippen MR) is 118 cm³/mol. The molecule has 0 heterocycles. The van der Waals surface area contributed by atoms with Crippen molar-refractivity contribution >= 4 is 18.0 Å². The SMILES string of the molecule is CCN(CC(=O)O)C(=O)C(NC(=O)OCC1c2ccccc2-c2ccccc21)C(C)OC. The van der Waals surface area contributed by atoms with E-state index in [1.165, 1.54) is 7.11 Å². The number of methoxy groups -OCH3 is 1. The van der Waals surface area contributed by atoms with Gasteiger partial charge in [0.05, 0.1) is 6.10 Å². The number of alkyl carbamates (subject to hydrolysis) is 1. The van der Waals surface area contributed by atoms with Crippen molar-refractivity contribution in [1.29, 1.82) is 0 Å². The molecule has 1 aliphatic carbocycles. The van der Waals surface area contributed by atoms with Crippen LogP contribution in [0.2, 0.25) is 0 Å². The lowest BCUT2D eigenvalue weighted by Crippen LogP contribution is -2.55. The quantitative estimate of drug-likeness (QED) is 0.621. The zero-order valence-corrected chi connectivity index (χ0v) is 18.4. The van der Waals surface area contributed by atoms with Crippen LogP contribution in [0.25, 0.3) is 11.1 Å². The summed E-state index contributed by atoms with van der Waals surface area (Å²) in [7, 11) is 1.41. The van der Waals surface area contributed by atoms with E-state index in [0.29, 0.717) is 0 Å². The number of carbonyl (C=O) groups is 3. The van der Waals surface area contributed by atoms with Crippen LogP contribution in [-0.2, 0) is 19.1 Å². The fourth-order valence-corrected chi connectivity index (χ4v) is 3.99. The van der Waals surface area contributed by atoms with Crippen molar-refractivity contribution in [2.75, 3.05) is 26.8 Å². The van der Waals surface area contributed by atoms with Gasteiger partial charge >= 0.3 is 12.1 Å². The van der Waals surface area contributed by atoms with Crippen LogP contribution < -0.4 is 5.32 Å². The molecule has 8 nitrogen and oxygen atoms in total. The summed E-state index contributed by atoms with van der Waals surface area (Å²) in [4.78, 5) is 37.7. The molecule has 0 aliphatic heterocycles. The maximum Gasteiger partial charge on any atom is 0.407 e. The third-order valence-corrected chi connectivity index (χ3v) is 5.74. The standard InChI is InChI=1S/C24H28N2O6/c1-4-26(13-21(27)28)23(29)22(15(2)31-3)25-24(30)32-14-20-18-11-7-5-9-16(18)17-10-6-8-12-19(17)20/h5-12,15,20,22H,4,13-14H2,1-3H3,(H,25,30)(H,27,28). The topological polar surface area (TPSA) is 105 Å². The zero-order chi connectivity index (χ0) is 23.3. The first-order chi connectivity index (χ1) is 15.4. The van der Waals surface area contributed by atoms with Crippen LogP contribution in [0.1, 0.15) is 30.9 Å². The lowest BCUT2D eigenvalue weighted by molar-refractivity contribution is -0.146. The summed E-state index contributed by atoms with van der Waals surface area (Å²) >= 11 is 0. The normalized spacial score (nSPS) is 14.1. The number of nitrogens with one attached hydrogen (secondary N) is 1. The van der Waals surface area contributed by atoms with Crippen LogP contribution in [-0.4, -0.2) is 66.9 Å². The molecule has 0 fully saturated rings. The van der Waals surface area contributed by atoms with Gasteiger partial charge in [0.15, 0.2) is 0 Å². The first kappa shape index (κ1) is 23.3. The molecule has 2 N–H and O–H groups in total. The molecule has 1 aliphatic rings. The van der Waals surface area contributed by atoms with Gasteiger partial charge in [-0.15, -0.1) is 0 Å². The Morgan fingerprint density at radius 3 is 2.12 bits per heavy atom. The number of ether oxygens (including phenoxy) is 2. The van der Waals surface area contributed by atoms with Gasteiger partial charge in [-0.25, -0.2) is 4.79 Å². The molecule has 2 unspecified atom stereocenters. The molecule has 2 aromatic carbocycles. The molecule has 32 heavy (non-hydrogen) atoms. The fourth-order valence-electron chi connectivity index (χ4n) is 3.99. The monoisotopic (exact) mass is 440 g/mol. The molecule has 2 aromatic rings. The maximum absolute atomic E-state index is 12.8. The Morgan fingerprint density at radius 1 is 1.06 bits per heavy atom. The van der Waals surface area contributed by atoms with Crippen molar-refractivity contribution in [3.8, 4) is 11.1 Å². The molecule has 170 valence electrons. The summed E-state index contributed by atoms with van der Waals surface area (Å²) < 4.78 is 10.8. The molecule has 8 heteroatoms. The number of likely N-dealkylation sites (N-methyl/N-ethyl adjacent to an activating group) is 1. The number of hydrogen-bond donors (Lipinski definition) is 2. The second kappa shape index (κ2) is 10.3. The van der Waals surface area contributed by atoms with E-state index in [0.717, 1.165) is 27.2 Å². The van der Waals surface area contributed by atoms with Crippen molar-refractivity contribution in [2.24, 2.45) is 0 Å². The number of carboxylic acids is 1. The number of fused-ring (bicyclic) bond motifs is 3. The van der Waals surface area contributed by atoms with Gasteiger partial charge in [-0.05, 0) is 36.1 Å². The number of hydrogen-bond acceptors (Lipinski definition) is 5. The van der Waals surface area contributed by atoms with Gasteiger partial charge in [0.25, 0.3) is 0 Å². The molecule has 0 spiro atoms. The van der Waals surface area contributed by atoms with E-state index in [-0.39, 0.29) is 19.1 Å². The second-order valence-corrected chi connectivity index (χ2v) is 7.63. The average Bonchev–Trinajstić information content (AvgIpc) is 3.12. The number of rotatable bonds is 9. The van der Waals surface area contributed by atoms with Gasteiger partial charge in [0.1, 0.15) is 19.2 Å². The molecule has 0 aromatic heterocycles. The number of nitrogens with zero attached hydrogens (tertiary/aromatic N) is 1. The molecule has 0 bridgehead atoms. The summed E-state index contributed by atoms with van der Waals surface area (Å²) in [6, 6.07) is 14.9. The molecule has 0 saturated carbocycles. The van der Waals surface area contributed by atoms with Crippen molar-refractivity contribution < 1.29 is 29.0 Å². The first-order valence-electron chi connectivity index (χ1n) is 10.5. The third-order valence-electron chi connectivity index (χ3n) is 5.74. The number of amides is 2. The number of carbonyl (C=O) groups excluding carboxylic acids is 2. The highest BCUT2D eigenvalue weighted by molar-refractivity contribution is 5.88. The predicted octanol–water partition coefficient (Wildman–Crippen LogP) is 2.86. The number of carboxylic acid groups (broad SMARTS) is 1. The Hall–Kier alpha value is -3.39. The Bertz CT molecular complexity index is 946. The van der Waals surface area contributed by atoms with Crippen molar-refractivity contribution in [1.82, 2.24) is 10.2 Å². The zero-order valence-electron chi connectivity index (χ0n) is 18.4. The van der Waals surface area contributed by atoms with Crippen LogP contribution in [0.4, 0.5) is 4.79 Å². The van der Waals surface area contributed by atoms with Crippen LogP contribution in [0.3, 0.4) is 0 Å². The van der Waals surface area contributed by atoms with Crippen LogP contribution in [0.5, 0.6) is 0 Å². The average molecular weight is 440 g/mol. The minimum atomic E-state index is -1.13. The summed E-state index contributed by atoms with van der Waals surface area (Å²) in [6.45, 7) is 3.12. The molecule has 3 rings (SSSR count). The van der Waals surface area contributed by atoms with E-state index in [9.17, 15) is 14.4 Å². The maximum atomic E-state index is 12.8. The lowest BCUT2D eigenvalue weighted by Gasteiger charge is -2.28. The van der Waals surface area contributed by atoms with Gasteiger partial charge in [-0.3, -0.25) is 9.59 Å². The molecule has 2 amide bonds. The van der Waals surface area contributed by atoms with E-state index < -0.39 is 36.7 Å². The minimum Gasteiger partial charge on any atom is -0.480 e. The molecule has 2 atom stereocenters. The van der Waals surface area contributed by atoms with Gasteiger partial charge in [-0.1, -0.05) is 48.5 Å². The van der Waals surface area contributed by atoms with Gasteiger partial charge in [-0.2, -0.15) is 0 Å². The minimum absolute atomic E-state index is 0.106. The summed E-state index contributed by atoms with van der Waals surface area (Å²) in [5.41, 5.74) is 4.40. The van der Waals surface area contributed by atoms with Gasteiger partial charge in [0.2, 0.25) is 5.91 Å². The smallest absolute Gasteiger partial charge is 0.407 e. The largest absolute Gasteiger partial charge is 0.480 e. The highest BCUT2D eigenvalue weighted by atomic mass is 16.5. The highest BCUT2D eigenvalue weighted by Gasteiger charge is 2.33. The molecular formula is C24H28N2O6. The number of aliphatic carboxylic acids is 1. The fraction of sp³-hybridized carbons (Fsp3) is 0.375. The van der Waals surface area contributed by atoms with Gasteiger partial charge < -0.3 is 24.8 Å². The molecular weight excluding hydrogens is 412 g/mol. The van der Waals surface area contributed by atoms with Crippen LogP contribution in [0.15, 0.2) is 48.5 Å². The summed E-state index contributed by atoms with van der Waals surface area (Å²) in [6.07, 6.45) is -1.44. The molecule has 0 radical (unpaired) electrons. The lowest BCUT2D eigenvalue weighted by atomic mass is 9.98. The van der Waals surface area contributed by atoms with E-state index in [2.05, 4.69) is 5.32 Å². The van der Waals surface area contributed by atoms with Gasteiger partial charge in [0, 0.05) is 19.6 Å². The summed E-state index contributed by atoms with van der Waals surface area (Å²) in [5.74, 6) is -1.79. The van der Waals surface area contributed by atoms with E-state index in [1.54, 1.807) is 13.8 Å². The summed E-state index contributed by atoms with van der Waals surface area (Å²) in [5, 5.41) is 11.6. The Kier molecular flexibility index (Phi) is 7.48. The Labute approximate surface area is 187 Å². The van der Waals surface area contributed by atoms with Crippen LogP contribution >= 0.6 is 0 Å². The van der Waals surface area contributed by atoms with Crippen LogP contribution in [0, 0.1) is 0 Å². The molecule has 0 saturated heterocycles. The second-order valence-electron chi connectivity index (χ2n) is 7.63. The van der Waals surface area contributed by atoms with E-state index in [1.807, 2.05) is 48.5 Å². The first-order valence-corrected chi connectivity index (χ1v) is 10.5. The van der Waals surface area contributed by atoms with Crippen molar-refractivity contribution in [3.63, 3.8) is 0 Å². The Morgan fingerprint density at radius 2 is 1.62 bits per heavy atom. The van der Waals surface area contributed by atoms with Crippen molar-refractivity contribution in [2.45, 2.75) is 31.9 Å². The highest BCUT2D eigenvalue weighted by Crippen LogP contribution is 2.44. The third kappa shape index (κ3) is 4.91.